The van der Waals surface area contributed by atoms with E-state index in [0.29, 0.717) is 17.5 Å². The van der Waals surface area contributed by atoms with Crippen LogP contribution in [0.5, 0.6) is 11.5 Å². The maximum absolute atomic E-state index is 5.37. The molecule has 0 spiro atoms. The summed E-state index contributed by atoms with van der Waals surface area (Å²) in [5.74, 6) is 2.70. The molecule has 0 aliphatic rings. The van der Waals surface area contributed by atoms with E-state index in [9.17, 15) is 0 Å². The van der Waals surface area contributed by atoms with Gasteiger partial charge in [0.1, 0.15) is 17.3 Å². The molecule has 7 heteroatoms. The molecule has 1 aromatic carbocycles. The van der Waals surface area contributed by atoms with Gasteiger partial charge >= 0.3 is 0 Å². The van der Waals surface area contributed by atoms with Crippen LogP contribution in [0.4, 0.5) is 17.5 Å². The molecule has 0 aliphatic heterocycles. The van der Waals surface area contributed by atoms with Crippen molar-refractivity contribution in [3.8, 4) is 11.5 Å². The monoisotopic (exact) mass is 317 g/mol. The zero-order chi connectivity index (χ0) is 16.7. The molecular weight excluding hydrogens is 294 g/mol. The van der Waals surface area contributed by atoms with Gasteiger partial charge in [0.25, 0.3) is 0 Å². The summed E-state index contributed by atoms with van der Waals surface area (Å²) < 4.78 is 10.6. The Morgan fingerprint density at radius 1 is 1.13 bits per heavy atom. The highest BCUT2D eigenvalue weighted by Gasteiger charge is 2.07. The second-order valence-electron chi connectivity index (χ2n) is 5.19. The van der Waals surface area contributed by atoms with Crippen LogP contribution in [0.25, 0.3) is 0 Å². The minimum Gasteiger partial charge on any atom is -0.497 e. The van der Waals surface area contributed by atoms with E-state index < -0.39 is 0 Å². The molecule has 0 unspecified atom stereocenters. The number of nitrogens with one attached hydrogen (secondary N) is 2. The van der Waals surface area contributed by atoms with Crippen LogP contribution in [-0.4, -0.2) is 56.3 Å². The average molecular weight is 317 g/mol. The minimum absolute atomic E-state index is 0.587. The number of likely N-dealkylation sites (N-methyl/N-ethyl adjacent to an activating group) is 1. The van der Waals surface area contributed by atoms with E-state index in [1.807, 2.05) is 32.3 Å². The van der Waals surface area contributed by atoms with Crippen LogP contribution in [0.2, 0.25) is 0 Å². The quantitative estimate of drug-likeness (QED) is 0.773. The van der Waals surface area contributed by atoms with Crippen molar-refractivity contribution in [3.63, 3.8) is 0 Å². The number of hydrogen-bond acceptors (Lipinski definition) is 7. The number of methoxy groups -OCH3 is 2. The Kier molecular flexibility index (Phi) is 5.99. The van der Waals surface area contributed by atoms with E-state index in [1.165, 1.54) is 0 Å². The van der Waals surface area contributed by atoms with Gasteiger partial charge in [-0.2, -0.15) is 4.98 Å². The topological polar surface area (TPSA) is 71.5 Å². The molecular formula is C16H23N5O2. The van der Waals surface area contributed by atoms with E-state index in [0.717, 1.165) is 24.5 Å². The number of anilines is 3. The molecule has 0 amide bonds. The fourth-order valence-electron chi connectivity index (χ4n) is 1.94. The number of nitrogens with zero attached hydrogens (tertiary/aromatic N) is 3. The van der Waals surface area contributed by atoms with Crippen molar-refractivity contribution in [1.29, 1.82) is 0 Å². The van der Waals surface area contributed by atoms with Gasteiger partial charge in [0.05, 0.1) is 19.9 Å². The molecule has 23 heavy (non-hydrogen) atoms. The second-order valence-corrected chi connectivity index (χ2v) is 5.19. The summed E-state index contributed by atoms with van der Waals surface area (Å²) >= 11 is 0. The maximum atomic E-state index is 5.37. The number of aromatic nitrogens is 2. The van der Waals surface area contributed by atoms with Gasteiger partial charge in [0.2, 0.25) is 5.95 Å². The van der Waals surface area contributed by atoms with E-state index in [1.54, 1.807) is 26.5 Å². The maximum Gasteiger partial charge on any atom is 0.224 e. The zero-order valence-electron chi connectivity index (χ0n) is 14.0. The van der Waals surface area contributed by atoms with Crippen LogP contribution in [0.15, 0.2) is 30.5 Å². The molecule has 0 atom stereocenters. The first-order valence-corrected chi connectivity index (χ1v) is 7.33. The summed E-state index contributed by atoms with van der Waals surface area (Å²) in [5, 5.41) is 6.43. The minimum atomic E-state index is 0.587. The van der Waals surface area contributed by atoms with Crippen molar-refractivity contribution in [2.24, 2.45) is 0 Å². The summed E-state index contributed by atoms with van der Waals surface area (Å²) in [6.07, 6.45) is 1.71. The highest BCUT2D eigenvalue weighted by molar-refractivity contribution is 5.66. The van der Waals surface area contributed by atoms with Crippen LogP contribution in [0.3, 0.4) is 0 Å². The summed E-state index contributed by atoms with van der Waals surface area (Å²) in [5.41, 5.74) is 0.811. The van der Waals surface area contributed by atoms with Gasteiger partial charge in [-0.05, 0) is 32.3 Å². The Hall–Kier alpha value is -2.54. The van der Waals surface area contributed by atoms with Gasteiger partial charge in [-0.3, -0.25) is 0 Å². The summed E-state index contributed by atoms with van der Waals surface area (Å²) in [7, 11) is 7.29. The number of hydrogen-bond donors (Lipinski definition) is 2. The van der Waals surface area contributed by atoms with Crippen LogP contribution in [0, 0.1) is 0 Å². The predicted molar refractivity (Wildman–Crippen MR) is 91.9 cm³/mol. The molecule has 0 saturated carbocycles. The molecule has 2 rings (SSSR count). The third-order valence-corrected chi connectivity index (χ3v) is 3.17. The molecule has 2 N–H and O–H groups in total. The Bertz CT molecular complexity index is 634. The fourth-order valence-corrected chi connectivity index (χ4v) is 1.94. The van der Waals surface area contributed by atoms with E-state index in [2.05, 4.69) is 25.5 Å². The SMILES string of the molecule is COc1ccc(Nc2ccnc(NCCN(C)C)n2)c(OC)c1. The average Bonchev–Trinajstić information content (AvgIpc) is 2.55. The van der Waals surface area contributed by atoms with Crippen molar-refractivity contribution in [1.82, 2.24) is 14.9 Å². The molecule has 0 radical (unpaired) electrons. The molecule has 0 saturated heterocycles. The molecule has 0 fully saturated rings. The normalized spacial score (nSPS) is 10.5. The Balaban J connectivity index is 2.08. The highest BCUT2D eigenvalue weighted by atomic mass is 16.5. The van der Waals surface area contributed by atoms with Crippen molar-refractivity contribution in [3.05, 3.63) is 30.5 Å². The lowest BCUT2D eigenvalue weighted by Gasteiger charge is -2.13. The van der Waals surface area contributed by atoms with Gasteiger partial charge in [-0.1, -0.05) is 0 Å². The molecule has 0 bridgehead atoms. The smallest absolute Gasteiger partial charge is 0.224 e. The lowest BCUT2D eigenvalue weighted by molar-refractivity contribution is 0.395. The van der Waals surface area contributed by atoms with E-state index in [4.69, 9.17) is 9.47 Å². The van der Waals surface area contributed by atoms with Crippen LogP contribution >= 0.6 is 0 Å². The second kappa shape index (κ2) is 8.19. The Labute approximate surface area is 136 Å². The van der Waals surface area contributed by atoms with Crippen molar-refractivity contribution in [2.75, 3.05) is 52.0 Å². The highest BCUT2D eigenvalue weighted by Crippen LogP contribution is 2.30. The Morgan fingerprint density at radius 3 is 2.65 bits per heavy atom. The first kappa shape index (κ1) is 16.8. The van der Waals surface area contributed by atoms with E-state index in [-0.39, 0.29) is 0 Å². The van der Waals surface area contributed by atoms with Crippen molar-refractivity contribution in [2.45, 2.75) is 0 Å². The first-order valence-electron chi connectivity index (χ1n) is 7.33. The van der Waals surface area contributed by atoms with Crippen LogP contribution in [-0.2, 0) is 0 Å². The zero-order valence-corrected chi connectivity index (χ0v) is 14.0. The third kappa shape index (κ3) is 5.00. The van der Waals surface area contributed by atoms with Gasteiger partial charge < -0.3 is 25.0 Å². The molecule has 124 valence electrons. The number of ether oxygens (including phenoxy) is 2. The van der Waals surface area contributed by atoms with E-state index >= 15 is 0 Å². The van der Waals surface area contributed by atoms with Gasteiger partial charge in [-0.25, -0.2) is 4.98 Å². The lowest BCUT2D eigenvalue weighted by Crippen LogP contribution is -2.21. The van der Waals surface area contributed by atoms with Gasteiger partial charge in [-0.15, -0.1) is 0 Å². The molecule has 1 aromatic heterocycles. The summed E-state index contributed by atoms with van der Waals surface area (Å²) in [6, 6.07) is 7.38. The first-order chi connectivity index (χ1) is 11.1. The Morgan fingerprint density at radius 2 is 1.96 bits per heavy atom. The van der Waals surface area contributed by atoms with Crippen molar-refractivity contribution < 1.29 is 9.47 Å². The summed E-state index contributed by atoms with van der Waals surface area (Å²) in [4.78, 5) is 10.8. The summed E-state index contributed by atoms with van der Waals surface area (Å²) in [6.45, 7) is 1.69. The number of benzene rings is 1. The lowest BCUT2D eigenvalue weighted by atomic mass is 10.2. The number of rotatable bonds is 8. The third-order valence-electron chi connectivity index (χ3n) is 3.17. The predicted octanol–water partition coefficient (Wildman–Crippen LogP) is 2.21. The molecule has 2 aromatic rings. The fraction of sp³-hybridized carbons (Fsp3) is 0.375. The molecule has 0 aliphatic carbocycles. The van der Waals surface area contributed by atoms with Crippen molar-refractivity contribution >= 4 is 17.5 Å². The standard InChI is InChI=1S/C16H23N5O2/c1-21(2)10-9-18-16-17-8-7-15(20-16)19-13-6-5-12(22-3)11-14(13)23-4/h5-8,11H,9-10H2,1-4H3,(H2,17,18,19,20). The molecule has 7 nitrogen and oxygen atoms in total. The molecule has 1 heterocycles. The van der Waals surface area contributed by atoms with Crippen LogP contribution < -0.4 is 20.1 Å². The van der Waals surface area contributed by atoms with Gasteiger partial charge in [0.15, 0.2) is 0 Å². The largest absolute Gasteiger partial charge is 0.497 e. The van der Waals surface area contributed by atoms with Gasteiger partial charge in [0, 0.05) is 25.4 Å². The van der Waals surface area contributed by atoms with Crippen LogP contribution in [0.1, 0.15) is 0 Å².